The molecule has 2 unspecified atom stereocenters. The summed E-state index contributed by atoms with van der Waals surface area (Å²) >= 11 is 0. The minimum atomic E-state index is 0.580. The summed E-state index contributed by atoms with van der Waals surface area (Å²) < 4.78 is 0. The van der Waals surface area contributed by atoms with Gasteiger partial charge in [-0.2, -0.15) is 0 Å². The molecule has 94 valence electrons. The van der Waals surface area contributed by atoms with Crippen molar-refractivity contribution < 1.29 is 0 Å². The fourth-order valence-corrected chi connectivity index (χ4v) is 2.75. The molecule has 0 saturated heterocycles. The molecule has 0 radical (unpaired) electrons. The molecule has 1 aliphatic carbocycles. The lowest BCUT2D eigenvalue weighted by Crippen LogP contribution is -2.16. The van der Waals surface area contributed by atoms with Gasteiger partial charge in [0, 0.05) is 6.54 Å². The molecule has 0 aliphatic heterocycles. The van der Waals surface area contributed by atoms with Crippen molar-refractivity contribution in [2.45, 2.75) is 39.0 Å². The number of pyridine rings is 1. The highest BCUT2D eigenvalue weighted by Crippen LogP contribution is 2.30. The summed E-state index contributed by atoms with van der Waals surface area (Å²) in [5.41, 5.74) is 6.62. The molecule has 3 N–H and O–H groups in total. The van der Waals surface area contributed by atoms with E-state index in [1.54, 1.807) is 6.20 Å². The summed E-state index contributed by atoms with van der Waals surface area (Å²) in [5, 5.41) is 3.42. The van der Waals surface area contributed by atoms with Crippen LogP contribution in [0.1, 0.15) is 39.0 Å². The van der Waals surface area contributed by atoms with Crippen molar-refractivity contribution in [2.75, 3.05) is 17.6 Å². The van der Waals surface area contributed by atoms with E-state index in [1.807, 2.05) is 12.1 Å². The molecule has 0 aromatic carbocycles. The Morgan fingerprint density at radius 2 is 2.29 bits per heavy atom. The second-order valence-electron chi connectivity index (χ2n) is 5.32. The smallest absolute Gasteiger partial charge is 0.123 e. The summed E-state index contributed by atoms with van der Waals surface area (Å²) in [6.45, 7) is 3.42. The fourth-order valence-electron chi connectivity index (χ4n) is 2.75. The van der Waals surface area contributed by atoms with Gasteiger partial charge in [0.25, 0.3) is 0 Å². The van der Waals surface area contributed by atoms with Crippen LogP contribution in [0.15, 0.2) is 18.3 Å². The Balaban J connectivity index is 1.70. The first-order valence-electron chi connectivity index (χ1n) is 6.69. The van der Waals surface area contributed by atoms with Crippen LogP contribution in [0, 0.1) is 11.8 Å². The number of anilines is 2. The number of rotatable bonds is 4. The van der Waals surface area contributed by atoms with Crippen molar-refractivity contribution in [3.63, 3.8) is 0 Å². The lowest BCUT2D eigenvalue weighted by molar-refractivity contribution is 0.274. The van der Waals surface area contributed by atoms with Crippen molar-refractivity contribution in [3.8, 4) is 0 Å². The number of aromatic nitrogens is 1. The van der Waals surface area contributed by atoms with E-state index in [9.17, 15) is 0 Å². The van der Waals surface area contributed by atoms with Crippen LogP contribution in [0.5, 0.6) is 0 Å². The maximum absolute atomic E-state index is 5.55. The van der Waals surface area contributed by atoms with Gasteiger partial charge >= 0.3 is 0 Å². The van der Waals surface area contributed by atoms with Gasteiger partial charge in [0.15, 0.2) is 0 Å². The molecule has 3 heteroatoms. The molecular weight excluding hydrogens is 210 g/mol. The van der Waals surface area contributed by atoms with E-state index in [2.05, 4.69) is 17.2 Å². The van der Waals surface area contributed by atoms with E-state index in [0.29, 0.717) is 5.82 Å². The summed E-state index contributed by atoms with van der Waals surface area (Å²) in [6, 6.07) is 3.83. The topological polar surface area (TPSA) is 50.9 Å². The predicted octanol–water partition coefficient (Wildman–Crippen LogP) is 3.29. The van der Waals surface area contributed by atoms with Gasteiger partial charge in [-0.15, -0.1) is 0 Å². The number of nitrogens with one attached hydrogen (secondary N) is 1. The lowest BCUT2D eigenvalue weighted by atomic mass is 9.81. The first-order valence-corrected chi connectivity index (χ1v) is 6.69. The van der Waals surface area contributed by atoms with Crippen molar-refractivity contribution in [1.82, 2.24) is 4.98 Å². The Morgan fingerprint density at radius 3 is 3.00 bits per heavy atom. The van der Waals surface area contributed by atoms with E-state index < -0.39 is 0 Å². The molecule has 1 aromatic heterocycles. The molecule has 3 nitrogen and oxygen atoms in total. The highest BCUT2D eigenvalue weighted by atomic mass is 14.9. The monoisotopic (exact) mass is 233 g/mol. The molecule has 1 saturated carbocycles. The van der Waals surface area contributed by atoms with Crippen LogP contribution in [0.25, 0.3) is 0 Å². The highest BCUT2D eigenvalue weighted by Gasteiger charge is 2.18. The second-order valence-corrected chi connectivity index (χ2v) is 5.32. The Labute approximate surface area is 104 Å². The molecule has 17 heavy (non-hydrogen) atoms. The SMILES string of the molecule is CC1CCCC(CCNc2ccc(N)nc2)C1. The normalized spacial score (nSPS) is 24.5. The zero-order valence-corrected chi connectivity index (χ0v) is 10.7. The predicted molar refractivity (Wildman–Crippen MR) is 72.9 cm³/mol. The Bertz CT molecular complexity index is 334. The molecule has 1 aliphatic rings. The molecular formula is C14H23N3. The van der Waals surface area contributed by atoms with Gasteiger partial charge in [-0.3, -0.25) is 0 Å². The average Bonchev–Trinajstić information content (AvgIpc) is 2.32. The minimum absolute atomic E-state index is 0.580. The van der Waals surface area contributed by atoms with Crippen LogP contribution in [0.2, 0.25) is 0 Å². The van der Waals surface area contributed by atoms with Crippen molar-refractivity contribution >= 4 is 11.5 Å². The quantitative estimate of drug-likeness (QED) is 0.839. The number of nitrogens with two attached hydrogens (primary N) is 1. The Kier molecular flexibility index (Phi) is 4.24. The van der Waals surface area contributed by atoms with Crippen LogP contribution in [-0.4, -0.2) is 11.5 Å². The minimum Gasteiger partial charge on any atom is -0.384 e. The zero-order valence-electron chi connectivity index (χ0n) is 10.7. The number of nitrogens with zero attached hydrogens (tertiary/aromatic N) is 1. The van der Waals surface area contributed by atoms with Crippen LogP contribution >= 0.6 is 0 Å². The second kappa shape index (κ2) is 5.89. The molecule has 2 rings (SSSR count). The van der Waals surface area contributed by atoms with Gasteiger partial charge in [0.05, 0.1) is 11.9 Å². The third-order valence-electron chi connectivity index (χ3n) is 3.71. The zero-order chi connectivity index (χ0) is 12.1. The first kappa shape index (κ1) is 12.2. The number of hydrogen-bond acceptors (Lipinski definition) is 3. The van der Waals surface area contributed by atoms with E-state index in [1.165, 1.54) is 32.1 Å². The molecule has 0 amide bonds. The summed E-state index contributed by atoms with van der Waals surface area (Å²) in [4.78, 5) is 4.07. The molecule has 0 spiro atoms. The van der Waals surface area contributed by atoms with Crippen molar-refractivity contribution in [1.29, 1.82) is 0 Å². The fraction of sp³-hybridized carbons (Fsp3) is 0.643. The van der Waals surface area contributed by atoms with E-state index in [0.717, 1.165) is 24.1 Å². The third kappa shape index (κ3) is 3.91. The van der Waals surface area contributed by atoms with Crippen molar-refractivity contribution in [2.24, 2.45) is 11.8 Å². The van der Waals surface area contributed by atoms with Gasteiger partial charge in [0.2, 0.25) is 0 Å². The molecule has 1 heterocycles. The van der Waals surface area contributed by atoms with Gasteiger partial charge in [-0.25, -0.2) is 4.98 Å². The average molecular weight is 233 g/mol. The van der Waals surface area contributed by atoms with Crippen molar-refractivity contribution in [3.05, 3.63) is 18.3 Å². The molecule has 1 aromatic rings. The first-order chi connectivity index (χ1) is 8.24. The van der Waals surface area contributed by atoms with Gasteiger partial charge in [0.1, 0.15) is 5.82 Å². The highest BCUT2D eigenvalue weighted by molar-refractivity contribution is 5.45. The summed E-state index contributed by atoms with van der Waals surface area (Å²) in [5.74, 6) is 2.41. The largest absolute Gasteiger partial charge is 0.384 e. The van der Waals surface area contributed by atoms with Crippen LogP contribution in [0.3, 0.4) is 0 Å². The third-order valence-corrected chi connectivity index (χ3v) is 3.71. The Morgan fingerprint density at radius 1 is 1.41 bits per heavy atom. The molecule has 0 bridgehead atoms. The van der Waals surface area contributed by atoms with E-state index in [-0.39, 0.29) is 0 Å². The van der Waals surface area contributed by atoms with Gasteiger partial charge in [-0.05, 0) is 36.8 Å². The van der Waals surface area contributed by atoms with Crippen LogP contribution in [-0.2, 0) is 0 Å². The van der Waals surface area contributed by atoms with E-state index >= 15 is 0 Å². The van der Waals surface area contributed by atoms with Crippen LogP contribution in [0.4, 0.5) is 11.5 Å². The van der Waals surface area contributed by atoms with Crippen LogP contribution < -0.4 is 11.1 Å². The summed E-state index contributed by atoms with van der Waals surface area (Å²) in [7, 11) is 0. The summed E-state index contributed by atoms with van der Waals surface area (Å²) in [6.07, 6.45) is 8.72. The standard InChI is InChI=1S/C14H23N3/c1-11-3-2-4-12(9-11)7-8-16-13-5-6-14(15)17-10-13/h5-6,10-12,16H,2-4,7-9H2,1H3,(H2,15,17). The molecule has 1 fully saturated rings. The lowest BCUT2D eigenvalue weighted by Gasteiger charge is -2.26. The van der Waals surface area contributed by atoms with Gasteiger partial charge < -0.3 is 11.1 Å². The molecule has 2 atom stereocenters. The van der Waals surface area contributed by atoms with Gasteiger partial charge in [-0.1, -0.05) is 26.2 Å². The number of hydrogen-bond donors (Lipinski definition) is 2. The number of nitrogen functional groups attached to an aromatic ring is 1. The maximum atomic E-state index is 5.55. The Hall–Kier alpha value is -1.25. The van der Waals surface area contributed by atoms with E-state index in [4.69, 9.17) is 5.73 Å². The maximum Gasteiger partial charge on any atom is 0.123 e.